The molecule has 0 saturated carbocycles. The van der Waals surface area contributed by atoms with E-state index in [2.05, 4.69) is 51.8 Å². The second kappa shape index (κ2) is 7.79. The van der Waals surface area contributed by atoms with Gasteiger partial charge in [-0.2, -0.15) is 0 Å². The lowest BCUT2D eigenvalue weighted by Crippen LogP contribution is -2.51. The van der Waals surface area contributed by atoms with Crippen LogP contribution in [0.25, 0.3) is 0 Å². The van der Waals surface area contributed by atoms with Crippen molar-refractivity contribution in [2.45, 2.75) is 91.6 Å². The quantitative estimate of drug-likeness (QED) is 0.742. The zero-order valence-corrected chi connectivity index (χ0v) is 14.9. The van der Waals surface area contributed by atoms with E-state index in [0.717, 1.165) is 12.6 Å². The molecule has 0 aliphatic carbocycles. The third kappa shape index (κ3) is 5.37. The molecule has 0 aromatic rings. The first kappa shape index (κ1) is 18.0. The maximum absolute atomic E-state index is 3.71. The summed E-state index contributed by atoms with van der Waals surface area (Å²) >= 11 is 0. The summed E-state index contributed by atoms with van der Waals surface area (Å²) < 4.78 is 0. The minimum Gasteiger partial charge on any atom is -0.311 e. The predicted octanol–water partition coefficient (Wildman–Crippen LogP) is 4.45. The summed E-state index contributed by atoms with van der Waals surface area (Å²) in [5, 5.41) is 3.71. The maximum Gasteiger partial charge on any atom is 0.0220 e. The van der Waals surface area contributed by atoms with Crippen molar-refractivity contribution in [2.75, 3.05) is 19.6 Å². The molecule has 1 N–H and O–H groups in total. The molecule has 0 radical (unpaired) electrons. The van der Waals surface area contributed by atoms with Gasteiger partial charge in [0.15, 0.2) is 0 Å². The Morgan fingerprint density at radius 3 is 2.00 bits per heavy atom. The number of hydrogen-bond acceptors (Lipinski definition) is 2. The van der Waals surface area contributed by atoms with Crippen LogP contribution in [0.1, 0.15) is 80.1 Å². The fourth-order valence-electron chi connectivity index (χ4n) is 3.49. The Morgan fingerprint density at radius 2 is 1.60 bits per heavy atom. The van der Waals surface area contributed by atoms with E-state index in [4.69, 9.17) is 0 Å². The van der Waals surface area contributed by atoms with Crippen molar-refractivity contribution >= 4 is 0 Å². The van der Waals surface area contributed by atoms with Crippen LogP contribution in [0.2, 0.25) is 0 Å². The van der Waals surface area contributed by atoms with Crippen LogP contribution in [-0.2, 0) is 0 Å². The summed E-state index contributed by atoms with van der Waals surface area (Å²) in [5.41, 5.74) is 0.878. The molecule has 120 valence electrons. The van der Waals surface area contributed by atoms with Crippen molar-refractivity contribution in [3.8, 4) is 0 Å². The number of nitrogens with zero attached hydrogens (tertiary/aromatic N) is 1. The second-order valence-electron chi connectivity index (χ2n) is 7.82. The number of rotatable bonds is 7. The Bertz CT molecular complexity index is 253. The van der Waals surface area contributed by atoms with Crippen LogP contribution in [0.3, 0.4) is 0 Å². The summed E-state index contributed by atoms with van der Waals surface area (Å²) in [7, 11) is 0. The first-order chi connectivity index (χ1) is 9.36. The molecule has 1 aliphatic rings. The average Bonchev–Trinajstić information content (AvgIpc) is 2.43. The van der Waals surface area contributed by atoms with Gasteiger partial charge in [-0.15, -0.1) is 0 Å². The van der Waals surface area contributed by atoms with Crippen LogP contribution < -0.4 is 5.32 Å². The van der Waals surface area contributed by atoms with E-state index in [1.54, 1.807) is 0 Å². The zero-order chi connectivity index (χ0) is 15.2. The maximum atomic E-state index is 3.71. The Balaban J connectivity index is 2.53. The largest absolute Gasteiger partial charge is 0.311 e. The average molecular weight is 283 g/mol. The third-order valence-corrected chi connectivity index (χ3v) is 5.37. The highest BCUT2D eigenvalue weighted by atomic mass is 15.2. The molecule has 2 nitrogen and oxygen atoms in total. The monoisotopic (exact) mass is 282 g/mol. The Kier molecular flexibility index (Phi) is 7.00. The lowest BCUT2D eigenvalue weighted by atomic mass is 9.74. The van der Waals surface area contributed by atoms with Crippen molar-refractivity contribution in [3.63, 3.8) is 0 Å². The highest BCUT2D eigenvalue weighted by molar-refractivity contribution is 4.88. The molecule has 1 saturated heterocycles. The van der Waals surface area contributed by atoms with Crippen molar-refractivity contribution < 1.29 is 0 Å². The van der Waals surface area contributed by atoms with E-state index in [-0.39, 0.29) is 5.54 Å². The molecular weight excluding hydrogens is 244 g/mol. The number of likely N-dealkylation sites (tertiary alicyclic amines) is 1. The molecule has 1 unspecified atom stereocenters. The van der Waals surface area contributed by atoms with Crippen LogP contribution in [0, 0.1) is 5.41 Å². The molecule has 2 heteroatoms. The van der Waals surface area contributed by atoms with Crippen molar-refractivity contribution in [1.29, 1.82) is 0 Å². The van der Waals surface area contributed by atoms with E-state index in [1.165, 1.54) is 51.6 Å². The number of hydrogen-bond donors (Lipinski definition) is 1. The van der Waals surface area contributed by atoms with Gasteiger partial charge in [-0.3, -0.25) is 4.90 Å². The summed E-state index contributed by atoms with van der Waals surface area (Å²) in [5.74, 6) is 0. The highest BCUT2D eigenvalue weighted by Gasteiger charge is 2.33. The topological polar surface area (TPSA) is 15.3 Å². The molecule has 0 amide bonds. The molecule has 0 aromatic carbocycles. The van der Waals surface area contributed by atoms with Crippen LogP contribution >= 0.6 is 0 Å². The van der Waals surface area contributed by atoms with Crippen molar-refractivity contribution in [3.05, 3.63) is 0 Å². The standard InChI is InChI=1S/C18H38N2/c1-7-10-16(15-19-17(4,5)6)20-13-11-18(8-2,9-3)12-14-20/h16,19H,7-15H2,1-6H3. The molecule has 1 heterocycles. The van der Waals surface area contributed by atoms with Gasteiger partial charge in [-0.1, -0.05) is 40.0 Å². The SMILES string of the molecule is CCCC(CNC(C)(C)C)N1CCC(CC)(CC)CC1. The molecule has 1 atom stereocenters. The van der Waals surface area contributed by atoms with Gasteiger partial charge in [0.25, 0.3) is 0 Å². The summed E-state index contributed by atoms with van der Waals surface area (Å²) in [4.78, 5) is 2.76. The van der Waals surface area contributed by atoms with Gasteiger partial charge in [0.2, 0.25) is 0 Å². The fraction of sp³-hybridized carbons (Fsp3) is 1.00. The Hall–Kier alpha value is -0.0800. The van der Waals surface area contributed by atoms with E-state index in [1.807, 2.05) is 0 Å². The summed E-state index contributed by atoms with van der Waals surface area (Å²) in [6, 6.07) is 0.728. The van der Waals surface area contributed by atoms with Gasteiger partial charge in [0, 0.05) is 18.1 Å². The Morgan fingerprint density at radius 1 is 1.05 bits per heavy atom. The number of piperidine rings is 1. The highest BCUT2D eigenvalue weighted by Crippen LogP contribution is 2.38. The minimum absolute atomic E-state index is 0.234. The van der Waals surface area contributed by atoms with E-state index < -0.39 is 0 Å². The molecule has 1 fully saturated rings. The molecular formula is C18H38N2. The van der Waals surface area contributed by atoms with Crippen LogP contribution in [0.5, 0.6) is 0 Å². The fourth-order valence-corrected chi connectivity index (χ4v) is 3.49. The first-order valence-corrected chi connectivity index (χ1v) is 8.85. The van der Waals surface area contributed by atoms with E-state index in [9.17, 15) is 0 Å². The van der Waals surface area contributed by atoms with Gasteiger partial charge in [0.1, 0.15) is 0 Å². The molecule has 1 rings (SSSR count). The van der Waals surface area contributed by atoms with Gasteiger partial charge >= 0.3 is 0 Å². The molecule has 1 aliphatic heterocycles. The van der Waals surface area contributed by atoms with Crippen molar-refractivity contribution in [2.24, 2.45) is 5.41 Å². The second-order valence-corrected chi connectivity index (χ2v) is 7.82. The smallest absolute Gasteiger partial charge is 0.0220 e. The molecule has 0 bridgehead atoms. The van der Waals surface area contributed by atoms with Gasteiger partial charge < -0.3 is 5.32 Å². The summed E-state index contributed by atoms with van der Waals surface area (Å²) in [6.45, 7) is 17.6. The molecule has 20 heavy (non-hydrogen) atoms. The predicted molar refractivity (Wildman–Crippen MR) is 90.3 cm³/mol. The Labute approximate surface area is 127 Å². The summed E-state index contributed by atoms with van der Waals surface area (Å²) in [6.07, 6.45) is 8.13. The van der Waals surface area contributed by atoms with Gasteiger partial charge in [0.05, 0.1) is 0 Å². The van der Waals surface area contributed by atoms with Gasteiger partial charge in [-0.25, -0.2) is 0 Å². The third-order valence-electron chi connectivity index (χ3n) is 5.37. The molecule has 0 spiro atoms. The first-order valence-electron chi connectivity index (χ1n) is 8.85. The van der Waals surface area contributed by atoms with Crippen LogP contribution in [0.15, 0.2) is 0 Å². The number of nitrogens with one attached hydrogen (secondary N) is 1. The van der Waals surface area contributed by atoms with Crippen LogP contribution in [0.4, 0.5) is 0 Å². The lowest BCUT2D eigenvalue weighted by molar-refractivity contribution is 0.0605. The van der Waals surface area contributed by atoms with Crippen LogP contribution in [-0.4, -0.2) is 36.1 Å². The normalized spacial score (nSPS) is 21.9. The van der Waals surface area contributed by atoms with Crippen molar-refractivity contribution in [1.82, 2.24) is 10.2 Å². The van der Waals surface area contributed by atoms with E-state index >= 15 is 0 Å². The lowest BCUT2D eigenvalue weighted by Gasteiger charge is -2.44. The van der Waals surface area contributed by atoms with Gasteiger partial charge in [-0.05, 0) is 58.5 Å². The zero-order valence-electron chi connectivity index (χ0n) is 14.9. The molecule has 0 aromatic heterocycles. The van der Waals surface area contributed by atoms with E-state index in [0.29, 0.717) is 5.41 Å². The minimum atomic E-state index is 0.234.